The Bertz CT molecular complexity index is 819. The Morgan fingerprint density at radius 3 is 2.42 bits per heavy atom. The number of benzene rings is 1. The number of likely N-dealkylation sites (N-methyl/N-ethyl adjacent to an activating group) is 1. The zero-order valence-corrected chi connectivity index (χ0v) is 13.7. The van der Waals surface area contributed by atoms with Crippen LogP contribution in [0.2, 0.25) is 0 Å². The maximum absolute atomic E-state index is 12.9. The molecule has 1 aliphatic rings. The van der Waals surface area contributed by atoms with Gasteiger partial charge in [-0.05, 0) is 44.0 Å². The number of urea groups is 1. The summed E-state index contributed by atoms with van der Waals surface area (Å²) in [5.41, 5.74) is 1.50. The normalized spacial score (nSPS) is 18.8. The highest BCUT2D eigenvalue weighted by Crippen LogP contribution is 2.33. The number of aromatic nitrogens is 2. The van der Waals surface area contributed by atoms with Gasteiger partial charge in [0.2, 0.25) is 0 Å². The summed E-state index contributed by atoms with van der Waals surface area (Å²) in [6.45, 7) is 3.94. The Balaban J connectivity index is 1.79. The van der Waals surface area contributed by atoms with E-state index in [1.165, 1.54) is 12.1 Å². The lowest BCUT2D eigenvalue weighted by atomic mass is 9.93. The highest BCUT2D eigenvalue weighted by molar-refractivity contribution is 5.78. The average molecular weight is 324 g/mol. The molecule has 0 spiro atoms. The van der Waals surface area contributed by atoms with Gasteiger partial charge in [-0.25, -0.2) is 14.2 Å². The molecule has 1 fully saturated rings. The molecule has 3 rings (SSSR count). The summed E-state index contributed by atoms with van der Waals surface area (Å²) in [5, 5.41) is 2.91. The van der Waals surface area contributed by atoms with E-state index in [2.05, 4.69) is 27.1 Å². The molecule has 1 saturated heterocycles. The van der Waals surface area contributed by atoms with Crippen LogP contribution >= 0.6 is 0 Å². The van der Waals surface area contributed by atoms with Gasteiger partial charge in [-0.3, -0.25) is 4.98 Å². The molecular formula is C18H17FN4O. The zero-order chi connectivity index (χ0) is 17.3. The molecule has 2 amide bonds. The Morgan fingerprint density at radius 2 is 1.88 bits per heavy atom. The molecule has 0 saturated carbocycles. The first-order valence-electron chi connectivity index (χ1n) is 7.52. The molecule has 0 bridgehead atoms. The molecule has 6 heteroatoms. The van der Waals surface area contributed by atoms with Crippen molar-refractivity contribution >= 4 is 6.03 Å². The van der Waals surface area contributed by atoms with Crippen molar-refractivity contribution < 1.29 is 9.18 Å². The van der Waals surface area contributed by atoms with Crippen LogP contribution in [0.5, 0.6) is 0 Å². The van der Waals surface area contributed by atoms with Crippen molar-refractivity contribution in [3.05, 3.63) is 59.4 Å². The van der Waals surface area contributed by atoms with Crippen LogP contribution in [-0.4, -0.2) is 33.5 Å². The van der Waals surface area contributed by atoms with E-state index in [0.29, 0.717) is 17.0 Å². The van der Waals surface area contributed by atoms with E-state index in [-0.39, 0.29) is 17.9 Å². The predicted octanol–water partition coefficient (Wildman–Crippen LogP) is 2.49. The first-order chi connectivity index (χ1) is 11.4. The Labute approximate surface area is 139 Å². The third kappa shape index (κ3) is 2.93. The minimum atomic E-state index is -0.396. The van der Waals surface area contributed by atoms with Crippen molar-refractivity contribution in [3.8, 4) is 11.8 Å². The molecule has 0 radical (unpaired) electrons. The molecule has 2 aromatic rings. The van der Waals surface area contributed by atoms with Crippen molar-refractivity contribution in [2.45, 2.75) is 25.4 Å². The third-order valence-electron chi connectivity index (χ3n) is 4.29. The zero-order valence-electron chi connectivity index (χ0n) is 13.7. The first kappa shape index (κ1) is 15.9. The molecule has 1 unspecified atom stereocenters. The lowest BCUT2D eigenvalue weighted by Gasteiger charge is -2.30. The number of nitrogens with one attached hydrogen (secondary N) is 1. The summed E-state index contributed by atoms with van der Waals surface area (Å²) >= 11 is 0. The second kappa shape index (κ2) is 5.93. The minimum absolute atomic E-state index is 0.132. The SMILES string of the molecule is CN1C(=O)NC(c2cnc(C#Cc3ccc(F)cc3)cn2)C1(C)C. The number of hydrogen-bond acceptors (Lipinski definition) is 3. The maximum atomic E-state index is 12.9. The van der Waals surface area contributed by atoms with Gasteiger partial charge in [0.25, 0.3) is 0 Å². The lowest BCUT2D eigenvalue weighted by molar-refractivity contribution is 0.187. The van der Waals surface area contributed by atoms with Gasteiger partial charge in [-0.15, -0.1) is 0 Å². The van der Waals surface area contributed by atoms with Gasteiger partial charge in [0.05, 0.1) is 29.7 Å². The van der Waals surface area contributed by atoms with Gasteiger partial charge < -0.3 is 10.2 Å². The Hall–Kier alpha value is -2.94. The van der Waals surface area contributed by atoms with Crippen LogP contribution in [0.1, 0.15) is 36.8 Å². The lowest BCUT2D eigenvalue weighted by Crippen LogP contribution is -2.40. The van der Waals surface area contributed by atoms with E-state index < -0.39 is 5.54 Å². The molecule has 5 nitrogen and oxygen atoms in total. The standard InChI is InChI=1S/C18H17FN4O/c1-18(2)16(22-17(24)23(18)3)15-11-20-14(10-21-15)9-6-12-4-7-13(19)8-5-12/h4-5,7-8,10-11,16H,1-3H3,(H,22,24). The molecule has 2 heterocycles. The van der Waals surface area contributed by atoms with E-state index in [0.717, 1.165) is 0 Å². The molecular weight excluding hydrogens is 307 g/mol. The number of nitrogens with zero attached hydrogens (tertiary/aromatic N) is 3. The van der Waals surface area contributed by atoms with Crippen molar-refractivity contribution in [3.63, 3.8) is 0 Å². The van der Waals surface area contributed by atoms with Gasteiger partial charge in [0, 0.05) is 12.6 Å². The van der Waals surface area contributed by atoms with E-state index in [1.54, 1.807) is 36.5 Å². The van der Waals surface area contributed by atoms with Crippen LogP contribution < -0.4 is 5.32 Å². The summed E-state index contributed by atoms with van der Waals surface area (Å²) in [5.74, 6) is 5.51. The molecule has 1 aliphatic heterocycles. The van der Waals surface area contributed by atoms with Crippen molar-refractivity contribution in [2.24, 2.45) is 0 Å². The van der Waals surface area contributed by atoms with Crippen LogP contribution in [0.15, 0.2) is 36.7 Å². The van der Waals surface area contributed by atoms with Crippen LogP contribution in [0.25, 0.3) is 0 Å². The van der Waals surface area contributed by atoms with Gasteiger partial charge in [0.1, 0.15) is 11.5 Å². The molecule has 24 heavy (non-hydrogen) atoms. The predicted molar refractivity (Wildman–Crippen MR) is 87.5 cm³/mol. The van der Waals surface area contributed by atoms with E-state index in [9.17, 15) is 9.18 Å². The van der Waals surface area contributed by atoms with E-state index >= 15 is 0 Å². The summed E-state index contributed by atoms with van der Waals surface area (Å²) < 4.78 is 12.9. The minimum Gasteiger partial charge on any atom is -0.327 e. The largest absolute Gasteiger partial charge is 0.327 e. The fraction of sp³-hybridized carbons (Fsp3) is 0.278. The molecule has 0 aliphatic carbocycles. The van der Waals surface area contributed by atoms with Crippen molar-refractivity contribution in [1.82, 2.24) is 20.2 Å². The summed E-state index contributed by atoms with van der Waals surface area (Å²) in [6.07, 6.45) is 3.20. The topological polar surface area (TPSA) is 58.1 Å². The maximum Gasteiger partial charge on any atom is 0.318 e. The number of halogens is 1. The third-order valence-corrected chi connectivity index (χ3v) is 4.29. The van der Waals surface area contributed by atoms with Crippen LogP contribution in [-0.2, 0) is 0 Å². The van der Waals surface area contributed by atoms with E-state index in [4.69, 9.17) is 0 Å². The smallest absolute Gasteiger partial charge is 0.318 e. The summed E-state index contributed by atoms with van der Waals surface area (Å²) in [4.78, 5) is 22.2. The second-order valence-corrected chi connectivity index (χ2v) is 6.18. The van der Waals surface area contributed by atoms with Gasteiger partial charge in [-0.2, -0.15) is 0 Å². The quantitative estimate of drug-likeness (QED) is 0.820. The van der Waals surface area contributed by atoms with Crippen molar-refractivity contribution in [1.29, 1.82) is 0 Å². The summed E-state index contributed by atoms with van der Waals surface area (Å²) in [6, 6.07) is 5.57. The molecule has 1 atom stereocenters. The molecule has 1 aromatic carbocycles. The fourth-order valence-electron chi connectivity index (χ4n) is 2.51. The average Bonchev–Trinajstić information content (AvgIpc) is 2.78. The Kier molecular flexibility index (Phi) is 3.94. The number of carbonyl (C=O) groups is 1. The van der Waals surface area contributed by atoms with Crippen LogP contribution in [0.3, 0.4) is 0 Å². The van der Waals surface area contributed by atoms with Gasteiger partial charge in [-0.1, -0.05) is 5.92 Å². The van der Waals surface area contributed by atoms with Gasteiger partial charge >= 0.3 is 6.03 Å². The first-order valence-corrected chi connectivity index (χ1v) is 7.52. The number of carbonyl (C=O) groups excluding carboxylic acids is 1. The monoisotopic (exact) mass is 324 g/mol. The number of amides is 2. The molecule has 122 valence electrons. The highest BCUT2D eigenvalue weighted by Gasteiger charge is 2.45. The van der Waals surface area contributed by atoms with Crippen molar-refractivity contribution in [2.75, 3.05) is 7.05 Å². The number of hydrogen-bond donors (Lipinski definition) is 1. The second-order valence-electron chi connectivity index (χ2n) is 6.18. The number of rotatable bonds is 1. The summed E-state index contributed by atoms with van der Waals surface area (Å²) in [7, 11) is 1.76. The molecule has 1 N–H and O–H groups in total. The highest BCUT2D eigenvalue weighted by atomic mass is 19.1. The van der Waals surface area contributed by atoms with Gasteiger partial charge in [0.15, 0.2) is 0 Å². The van der Waals surface area contributed by atoms with Crippen LogP contribution in [0, 0.1) is 17.7 Å². The Morgan fingerprint density at radius 1 is 1.17 bits per heavy atom. The van der Waals surface area contributed by atoms with Crippen LogP contribution in [0.4, 0.5) is 9.18 Å². The van der Waals surface area contributed by atoms with E-state index in [1.807, 2.05) is 13.8 Å². The fourth-order valence-corrected chi connectivity index (χ4v) is 2.51. The molecule has 1 aromatic heterocycles.